The van der Waals surface area contributed by atoms with E-state index in [2.05, 4.69) is 21.5 Å². The van der Waals surface area contributed by atoms with Crippen LogP contribution < -0.4 is 10.6 Å². The predicted octanol–water partition coefficient (Wildman–Crippen LogP) is 5.17. The Morgan fingerprint density at radius 1 is 1.00 bits per heavy atom. The molecule has 2 amide bonds. The average Bonchev–Trinajstić information content (AvgIpc) is 2.90. The third-order valence-electron chi connectivity index (χ3n) is 5.81. The van der Waals surface area contributed by atoms with Crippen LogP contribution in [0.2, 0.25) is 5.02 Å². The van der Waals surface area contributed by atoms with Crippen molar-refractivity contribution >= 4 is 40.8 Å². The fourth-order valence-corrected chi connectivity index (χ4v) is 4.06. The molecule has 0 spiro atoms. The van der Waals surface area contributed by atoms with Gasteiger partial charge in [0, 0.05) is 35.4 Å². The fraction of sp³-hybridized carbons (Fsp3) is 0.185. The molecule has 2 heterocycles. The number of nitrogens with zero attached hydrogens (tertiary/aromatic N) is 2. The Morgan fingerprint density at radius 3 is 2.42 bits per heavy atom. The first-order valence-corrected chi connectivity index (χ1v) is 11.7. The Balaban J connectivity index is 1.51. The van der Waals surface area contributed by atoms with Crippen LogP contribution in [0.3, 0.4) is 0 Å². The minimum atomic E-state index is -0.760. The van der Waals surface area contributed by atoms with Crippen molar-refractivity contribution in [2.24, 2.45) is 0 Å². The number of amidine groups is 1. The first-order valence-electron chi connectivity index (χ1n) is 11.3. The molecular weight excluding hydrogens is 481 g/mol. The number of terminal acetylenes is 1. The molecule has 0 radical (unpaired) electrons. The normalized spacial score (nSPS) is 13.0. The van der Waals surface area contributed by atoms with Crippen LogP contribution in [0.25, 0.3) is 0 Å². The molecule has 182 valence electrons. The van der Waals surface area contributed by atoms with Crippen LogP contribution in [-0.2, 0) is 0 Å². The van der Waals surface area contributed by atoms with Gasteiger partial charge < -0.3 is 15.5 Å². The van der Waals surface area contributed by atoms with E-state index in [1.807, 2.05) is 4.90 Å². The molecule has 0 bridgehead atoms. The van der Waals surface area contributed by atoms with Crippen molar-refractivity contribution in [2.45, 2.75) is 19.3 Å². The zero-order chi connectivity index (χ0) is 25.7. The van der Waals surface area contributed by atoms with Crippen molar-refractivity contribution < 1.29 is 14.0 Å². The van der Waals surface area contributed by atoms with Crippen molar-refractivity contribution in [2.75, 3.05) is 23.7 Å². The third kappa shape index (κ3) is 5.70. The lowest BCUT2D eigenvalue weighted by Crippen LogP contribution is -2.35. The number of hydrogen-bond acceptors (Lipinski definition) is 4. The van der Waals surface area contributed by atoms with Crippen molar-refractivity contribution in [1.29, 1.82) is 5.41 Å². The zero-order valence-corrected chi connectivity index (χ0v) is 20.0. The van der Waals surface area contributed by atoms with Gasteiger partial charge in [0.05, 0.1) is 16.8 Å². The highest BCUT2D eigenvalue weighted by molar-refractivity contribution is 6.31. The van der Waals surface area contributed by atoms with Gasteiger partial charge in [-0.3, -0.25) is 15.0 Å². The van der Waals surface area contributed by atoms with Gasteiger partial charge in [-0.2, -0.15) is 0 Å². The second kappa shape index (κ2) is 11.0. The number of rotatable bonds is 5. The van der Waals surface area contributed by atoms with Crippen LogP contribution in [0.4, 0.5) is 15.9 Å². The topological polar surface area (TPSA) is 98.2 Å². The lowest BCUT2D eigenvalue weighted by molar-refractivity contribution is 0.102. The highest BCUT2D eigenvalue weighted by Crippen LogP contribution is 2.24. The Morgan fingerprint density at radius 2 is 1.75 bits per heavy atom. The Labute approximate surface area is 213 Å². The van der Waals surface area contributed by atoms with Crippen molar-refractivity contribution in [1.82, 2.24) is 9.88 Å². The molecule has 9 heteroatoms. The number of halogens is 2. The number of pyridine rings is 1. The van der Waals surface area contributed by atoms with E-state index in [4.69, 9.17) is 23.4 Å². The summed E-state index contributed by atoms with van der Waals surface area (Å²) >= 11 is 6.08. The van der Waals surface area contributed by atoms with E-state index >= 15 is 0 Å². The molecule has 1 aliphatic rings. The van der Waals surface area contributed by atoms with Gasteiger partial charge in [0.15, 0.2) is 0 Å². The first kappa shape index (κ1) is 24.9. The maximum Gasteiger partial charge on any atom is 0.258 e. The van der Waals surface area contributed by atoms with Crippen molar-refractivity contribution in [3.8, 4) is 12.3 Å². The second-order valence-electron chi connectivity index (χ2n) is 8.27. The molecule has 7 nitrogen and oxygen atoms in total. The van der Waals surface area contributed by atoms with E-state index in [0.717, 1.165) is 32.4 Å². The van der Waals surface area contributed by atoms with E-state index in [-0.39, 0.29) is 33.5 Å². The zero-order valence-electron chi connectivity index (χ0n) is 19.3. The fourth-order valence-electron chi connectivity index (χ4n) is 3.89. The van der Waals surface area contributed by atoms with Crippen LogP contribution in [0.1, 0.15) is 51.1 Å². The van der Waals surface area contributed by atoms with Gasteiger partial charge in [-0.1, -0.05) is 23.6 Å². The summed E-state index contributed by atoms with van der Waals surface area (Å²) in [6.45, 7) is 1.52. The van der Waals surface area contributed by atoms with Crippen LogP contribution >= 0.6 is 11.6 Å². The summed E-state index contributed by atoms with van der Waals surface area (Å²) in [7, 11) is 0. The van der Waals surface area contributed by atoms with Gasteiger partial charge in [0.1, 0.15) is 17.5 Å². The van der Waals surface area contributed by atoms with E-state index in [9.17, 15) is 14.0 Å². The summed E-state index contributed by atoms with van der Waals surface area (Å²) in [6.07, 6.45) is 9.87. The highest BCUT2D eigenvalue weighted by Gasteiger charge is 2.20. The molecule has 3 N–H and O–H groups in total. The minimum absolute atomic E-state index is 0.0718. The molecule has 1 fully saturated rings. The Kier molecular flexibility index (Phi) is 7.62. The summed E-state index contributed by atoms with van der Waals surface area (Å²) in [5.74, 6) is 0.865. The van der Waals surface area contributed by atoms with E-state index in [1.165, 1.54) is 36.5 Å². The molecule has 4 rings (SSSR count). The summed E-state index contributed by atoms with van der Waals surface area (Å²) in [5, 5.41) is 13.9. The van der Waals surface area contributed by atoms with Gasteiger partial charge in [-0.05, 0) is 61.7 Å². The second-order valence-corrected chi connectivity index (χ2v) is 8.70. The maximum atomic E-state index is 14.9. The van der Waals surface area contributed by atoms with Gasteiger partial charge in [-0.25, -0.2) is 9.37 Å². The molecule has 2 aromatic carbocycles. The number of aromatic nitrogens is 1. The van der Waals surface area contributed by atoms with Crippen LogP contribution in [0.15, 0.2) is 54.7 Å². The number of likely N-dealkylation sites (tertiary alicyclic amines) is 1. The molecule has 0 atom stereocenters. The molecule has 36 heavy (non-hydrogen) atoms. The standard InChI is InChI=1S/C27H23ClFN5O2/c1-2-17-6-11-24(31-16-17)33-27(36)21-15-19(28)8-10-23(21)32-26(35)20-9-7-18(14-22(20)29)25(30)34-12-4-3-5-13-34/h1,6-11,14-16,30H,3-5,12-13H2,(H,32,35)(H,31,33,36). The number of piperidine rings is 1. The third-order valence-corrected chi connectivity index (χ3v) is 6.04. The molecule has 0 saturated carbocycles. The lowest BCUT2D eigenvalue weighted by Gasteiger charge is -2.29. The number of benzene rings is 2. The summed E-state index contributed by atoms with van der Waals surface area (Å²) in [5.41, 5.74) is 0.969. The van der Waals surface area contributed by atoms with E-state index in [0.29, 0.717) is 11.1 Å². The quantitative estimate of drug-likeness (QED) is 0.254. The lowest BCUT2D eigenvalue weighted by atomic mass is 10.1. The Hall–Kier alpha value is -4.22. The number of carbonyl (C=O) groups is 2. The molecule has 0 unspecified atom stereocenters. The molecule has 3 aromatic rings. The van der Waals surface area contributed by atoms with E-state index < -0.39 is 17.6 Å². The highest BCUT2D eigenvalue weighted by atomic mass is 35.5. The monoisotopic (exact) mass is 503 g/mol. The minimum Gasteiger partial charge on any atom is -0.357 e. The molecular formula is C27H23ClFN5O2. The van der Waals surface area contributed by atoms with E-state index in [1.54, 1.807) is 18.2 Å². The summed E-state index contributed by atoms with van der Waals surface area (Å²) in [4.78, 5) is 31.8. The number of hydrogen-bond donors (Lipinski definition) is 3. The van der Waals surface area contributed by atoms with Gasteiger partial charge in [-0.15, -0.1) is 6.42 Å². The smallest absolute Gasteiger partial charge is 0.258 e. The molecule has 1 aliphatic heterocycles. The van der Waals surface area contributed by atoms with Crippen LogP contribution in [0.5, 0.6) is 0 Å². The summed E-state index contributed by atoms with van der Waals surface area (Å²) in [6, 6.07) is 11.6. The molecule has 0 aliphatic carbocycles. The van der Waals surface area contributed by atoms with Gasteiger partial charge in [0.25, 0.3) is 11.8 Å². The van der Waals surface area contributed by atoms with Gasteiger partial charge >= 0.3 is 0 Å². The number of nitrogens with one attached hydrogen (secondary N) is 3. The summed E-state index contributed by atoms with van der Waals surface area (Å²) < 4.78 is 14.9. The first-order chi connectivity index (χ1) is 17.4. The largest absolute Gasteiger partial charge is 0.357 e. The number of carbonyl (C=O) groups excluding carboxylic acids is 2. The van der Waals surface area contributed by atoms with Crippen LogP contribution in [0, 0.1) is 23.6 Å². The van der Waals surface area contributed by atoms with Crippen LogP contribution in [-0.4, -0.2) is 40.6 Å². The maximum absolute atomic E-state index is 14.9. The van der Waals surface area contributed by atoms with Gasteiger partial charge in [0.2, 0.25) is 0 Å². The predicted molar refractivity (Wildman–Crippen MR) is 138 cm³/mol. The number of amides is 2. The van der Waals surface area contributed by atoms with Crippen molar-refractivity contribution in [3.05, 3.63) is 87.8 Å². The Bertz CT molecular complexity index is 1360. The number of anilines is 2. The molecule has 1 saturated heterocycles. The van der Waals surface area contributed by atoms with Crippen molar-refractivity contribution in [3.63, 3.8) is 0 Å². The molecule has 1 aromatic heterocycles. The SMILES string of the molecule is C#Cc1ccc(NC(=O)c2cc(Cl)ccc2NC(=O)c2ccc(C(=N)N3CCCCC3)cc2F)nc1. The average molecular weight is 504 g/mol.